The van der Waals surface area contributed by atoms with Gasteiger partial charge in [-0.05, 0) is 12.1 Å². The number of nitriles is 1. The molecule has 1 N–H and O–H groups in total. The largest absolute Gasteiger partial charge is 0.495 e. The summed E-state index contributed by atoms with van der Waals surface area (Å²) in [6.45, 7) is 1.09. The van der Waals surface area contributed by atoms with Crippen LogP contribution in [0.4, 0.5) is 10.5 Å². The Bertz CT molecular complexity index is 498. The van der Waals surface area contributed by atoms with E-state index in [-0.39, 0.29) is 12.6 Å². The van der Waals surface area contributed by atoms with Gasteiger partial charge in [0.25, 0.3) is 0 Å². The minimum Gasteiger partial charge on any atom is -0.495 e. The van der Waals surface area contributed by atoms with Crippen LogP contribution in [0.2, 0.25) is 0 Å². The summed E-state index contributed by atoms with van der Waals surface area (Å²) in [5, 5.41) is 11.8. The molecule has 19 heavy (non-hydrogen) atoms. The normalized spacial score (nSPS) is 18.5. The van der Waals surface area contributed by atoms with E-state index in [0.717, 1.165) is 0 Å². The summed E-state index contributed by atoms with van der Waals surface area (Å²) in [6, 6.07) is 8.32. The quantitative estimate of drug-likeness (QED) is 0.874. The van der Waals surface area contributed by atoms with E-state index in [1.165, 1.54) is 12.0 Å². The van der Waals surface area contributed by atoms with Crippen molar-refractivity contribution in [2.75, 3.05) is 32.2 Å². The van der Waals surface area contributed by atoms with Crippen molar-refractivity contribution in [3.63, 3.8) is 0 Å². The van der Waals surface area contributed by atoms with Gasteiger partial charge in [0.15, 0.2) is 0 Å². The number of urea groups is 1. The van der Waals surface area contributed by atoms with E-state index < -0.39 is 6.04 Å². The lowest BCUT2D eigenvalue weighted by atomic mass is 10.2. The summed E-state index contributed by atoms with van der Waals surface area (Å²) < 4.78 is 10.3. The monoisotopic (exact) mass is 261 g/mol. The molecule has 2 amide bonds. The van der Waals surface area contributed by atoms with E-state index in [2.05, 4.69) is 11.4 Å². The van der Waals surface area contributed by atoms with Gasteiger partial charge >= 0.3 is 6.03 Å². The lowest BCUT2D eigenvalue weighted by molar-refractivity contribution is 0.0341. The summed E-state index contributed by atoms with van der Waals surface area (Å²) in [5.74, 6) is 0.581. The number of rotatable bonds is 2. The third-order valence-electron chi connectivity index (χ3n) is 2.89. The molecule has 6 nitrogen and oxygen atoms in total. The van der Waals surface area contributed by atoms with Crippen molar-refractivity contribution in [3.8, 4) is 11.8 Å². The Kier molecular flexibility index (Phi) is 4.21. The number of hydrogen-bond donors (Lipinski definition) is 1. The first-order valence-electron chi connectivity index (χ1n) is 5.94. The molecular formula is C13H15N3O3. The zero-order chi connectivity index (χ0) is 13.7. The average molecular weight is 261 g/mol. The highest BCUT2D eigenvalue weighted by Gasteiger charge is 2.27. The van der Waals surface area contributed by atoms with Crippen molar-refractivity contribution < 1.29 is 14.3 Å². The van der Waals surface area contributed by atoms with Gasteiger partial charge in [-0.25, -0.2) is 4.79 Å². The third kappa shape index (κ3) is 2.95. The van der Waals surface area contributed by atoms with Crippen LogP contribution in [0.3, 0.4) is 0 Å². The van der Waals surface area contributed by atoms with E-state index in [1.54, 1.807) is 18.2 Å². The van der Waals surface area contributed by atoms with E-state index in [4.69, 9.17) is 14.7 Å². The number of morpholine rings is 1. The van der Waals surface area contributed by atoms with Crippen LogP contribution >= 0.6 is 0 Å². The maximum absolute atomic E-state index is 12.2. The molecule has 1 fully saturated rings. The van der Waals surface area contributed by atoms with E-state index in [1.807, 2.05) is 6.07 Å². The highest BCUT2D eigenvalue weighted by atomic mass is 16.5. The second-order valence-corrected chi connectivity index (χ2v) is 4.04. The van der Waals surface area contributed by atoms with Crippen LogP contribution in [0.1, 0.15) is 0 Å². The van der Waals surface area contributed by atoms with Crippen LogP contribution in [0.15, 0.2) is 24.3 Å². The molecule has 1 aromatic carbocycles. The molecular weight excluding hydrogens is 246 g/mol. The number of nitrogens with zero attached hydrogens (tertiary/aromatic N) is 2. The Balaban J connectivity index is 2.10. The molecule has 0 spiro atoms. The lowest BCUT2D eigenvalue weighted by Gasteiger charge is -2.31. The van der Waals surface area contributed by atoms with Gasteiger partial charge < -0.3 is 19.7 Å². The molecule has 100 valence electrons. The number of carbonyl (C=O) groups excluding carboxylic acids is 1. The molecule has 1 atom stereocenters. The Labute approximate surface area is 111 Å². The SMILES string of the molecule is COc1ccccc1NC(=O)N1CCOCC1C#N. The van der Waals surface area contributed by atoms with Crippen molar-refractivity contribution in [1.82, 2.24) is 4.90 Å². The van der Waals surface area contributed by atoms with Gasteiger partial charge in [-0.3, -0.25) is 0 Å². The Hall–Kier alpha value is -2.26. The second kappa shape index (κ2) is 6.07. The van der Waals surface area contributed by atoms with Crippen LogP contribution in [-0.2, 0) is 4.74 Å². The molecule has 0 saturated carbocycles. The molecule has 6 heteroatoms. The Morgan fingerprint density at radius 1 is 1.58 bits per heavy atom. The predicted molar refractivity (Wildman–Crippen MR) is 68.9 cm³/mol. The van der Waals surface area contributed by atoms with Crippen LogP contribution in [0, 0.1) is 11.3 Å². The van der Waals surface area contributed by atoms with Crippen LogP contribution in [0.25, 0.3) is 0 Å². The van der Waals surface area contributed by atoms with Gasteiger partial charge in [-0.2, -0.15) is 5.26 Å². The second-order valence-electron chi connectivity index (χ2n) is 4.04. The number of methoxy groups -OCH3 is 1. The van der Waals surface area contributed by atoms with Crippen molar-refractivity contribution >= 4 is 11.7 Å². The smallest absolute Gasteiger partial charge is 0.323 e. The zero-order valence-corrected chi connectivity index (χ0v) is 10.6. The maximum atomic E-state index is 12.2. The predicted octanol–water partition coefficient (Wildman–Crippen LogP) is 1.45. The first-order chi connectivity index (χ1) is 9.26. The van der Waals surface area contributed by atoms with Gasteiger partial charge in [-0.15, -0.1) is 0 Å². The Morgan fingerprint density at radius 2 is 2.37 bits per heavy atom. The fraction of sp³-hybridized carbons (Fsp3) is 0.385. The molecule has 1 saturated heterocycles. The molecule has 0 aliphatic carbocycles. The first-order valence-corrected chi connectivity index (χ1v) is 5.94. The molecule has 1 heterocycles. The standard InChI is InChI=1S/C13H15N3O3/c1-18-12-5-3-2-4-11(12)15-13(17)16-6-7-19-9-10(16)8-14/h2-5,10H,6-7,9H2,1H3,(H,15,17). The number of para-hydroxylation sites is 2. The number of nitrogens with one attached hydrogen (secondary N) is 1. The molecule has 1 aliphatic heterocycles. The molecule has 1 aliphatic rings. The number of hydrogen-bond acceptors (Lipinski definition) is 4. The molecule has 1 aromatic rings. The fourth-order valence-corrected chi connectivity index (χ4v) is 1.89. The summed E-state index contributed by atoms with van der Waals surface area (Å²) in [4.78, 5) is 13.6. The summed E-state index contributed by atoms with van der Waals surface area (Å²) in [6.07, 6.45) is 0. The van der Waals surface area contributed by atoms with Gasteiger partial charge in [-0.1, -0.05) is 12.1 Å². The lowest BCUT2D eigenvalue weighted by Crippen LogP contribution is -2.49. The highest BCUT2D eigenvalue weighted by molar-refractivity contribution is 5.91. The minimum atomic E-state index is -0.552. The first kappa shape index (κ1) is 13.2. The summed E-state index contributed by atoms with van der Waals surface area (Å²) in [7, 11) is 1.54. The summed E-state index contributed by atoms with van der Waals surface area (Å²) in [5.41, 5.74) is 0.582. The number of anilines is 1. The van der Waals surface area contributed by atoms with Crippen LogP contribution < -0.4 is 10.1 Å². The van der Waals surface area contributed by atoms with Crippen molar-refractivity contribution in [2.45, 2.75) is 6.04 Å². The van der Waals surface area contributed by atoms with E-state index in [9.17, 15) is 4.79 Å². The van der Waals surface area contributed by atoms with Crippen molar-refractivity contribution in [1.29, 1.82) is 5.26 Å². The maximum Gasteiger partial charge on any atom is 0.323 e. The third-order valence-corrected chi connectivity index (χ3v) is 2.89. The zero-order valence-electron chi connectivity index (χ0n) is 10.6. The molecule has 1 unspecified atom stereocenters. The topological polar surface area (TPSA) is 74.6 Å². The van der Waals surface area contributed by atoms with Crippen LogP contribution in [0.5, 0.6) is 5.75 Å². The van der Waals surface area contributed by atoms with Gasteiger partial charge in [0.05, 0.1) is 32.1 Å². The average Bonchev–Trinajstić information content (AvgIpc) is 2.47. The molecule has 0 aromatic heterocycles. The highest BCUT2D eigenvalue weighted by Crippen LogP contribution is 2.23. The van der Waals surface area contributed by atoms with Gasteiger partial charge in [0, 0.05) is 6.54 Å². The van der Waals surface area contributed by atoms with E-state index >= 15 is 0 Å². The van der Waals surface area contributed by atoms with Crippen molar-refractivity contribution in [3.05, 3.63) is 24.3 Å². The minimum absolute atomic E-state index is 0.246. The van der Waals surface area contributed by atoms with Crippen molar-refractivity contribution in [2.24, 2.45) is 0 Å². The molecule has 0 bridgehead atoms. The summed E-state index contributed by atoms with van der Waals surface area (Å²) >= 11 is 0. The number of carbonyl (C=O) groups is 1. The number of amides is 2. The van der Waals surface area contributed by atoms with Crippen LogP contribution in [-0.4, -0.2) is 43.8 Å². The van der Waals surface area contributed by atoms with E-state index in [0.29, 0.717) is 24.6 Å². The number of ether oxygens (including phenoxy) is 2. The van der Waals surface area contributed by atoms with Gasteiger partial charge in [0.2, 0.25) is 0 Å². The Morgan fingerprint density at radius 3 is 3.11 bits per heavy atom. The fourth-order valence-electron chi connectivity index (χ4n) is 1.89. The van der Waals surface area contributed by atoms with Gasteiger partial charge in [0.1, 0.15) is 11.8 Å². The molecule has 0 radical (unpaired) electrons. The molecule has 2 rings (SSSR count). The number of benzene rings is 1.